The van der Waals surface area contributed by atoms with Crippen LogP contribution in [0.25, 0.3) is 0 Å². The van der Waals surface area contributed by atoms with Crippen molar-refractivity contribution in [3.63, 3.8) is 0 Å². The van der Waals surface area contributed by atoms with Gasteiger partial charge in [-0.25, -0.2) is 13.1 Å². The van der Waals surface area contributed by atoms with Gasteiger partial charge in [0.05, 0.1) is 5.75 Å². The molecule has 0 aromatic rings. The third kappa shape index (κ3) is 4.39. The van der Waals surface area contributed by atoms with E-state index in [1.165, 1.54) is 12.8 Å². The first-order chi connectivity index (χ1) is 7.59. The molecule has 102 valence electrons. The van der Waals surface area contributed by atoms with Gasteiger partial charge in [0.1, 0.15) is 0 Å². The van der Waals surface area contributed by atoms with Gasteiger partial charge in [-0.05, 0) is 32.1 Å². The average Bonchev–Trinajstić information content (AvgIpc) is 2.55. The monoisotopic (exact) mass is 282 g/mol. The fourth-order valence-corrected chi connectivity index (χ4v) is 4.29. The molecule has 2 rings (SSSR count). The first kappa shape index (κ1) is 15.2. The van der Waals surface area contributed by atoms with Gasteiger partial charge in [-0.3, -0.25) is 0 Å². The molecule has 6 heteroatoms. The minimum atomic E-state index is -3.04. The Labute approximate surface area is 110 Å². The minimum Gasteiger partial charge on any atom is -0.311 e. The number of nitrogens with one attached hydrogen (secondary N) is 2. The summed E-state index contributed by atoms with van der Waals surface area (Å²) in [5.74, 6) is 0.281. The summed E-state index contributed by atoms with van der Waals surface area (Å²) >= 11 is 0. The Bertz CT molecular complexity index is 322. The van der Waals surface area contributed by atoms with Crippen LogP contribution in [0.5, 0.6) is 0 Å². The number of unbranched alkanes of at least 4 members (excludes halogenated alkanes) is 1. The van der Waals surface area contributed by atoms with E-state index in [1.54, 1.807) is 0 Å². The van der Waals surface area contributed by atoms with Crippen LogP contribution in [-0.2, 0) is 10.0 Å². The molecule has 17 heavy (non-hydrogen) atoms. The third-order valence-electron chi connectivity index (χ3n) is 3.59. The van der Waals surface area contributed by atoms with Gasteiger partial charge < -0.3 is 5.32 Å². The predicted octanol–water partition coefficient (Wildman–Crippen LogP) is 1.41. The Morgan fingerprint density at radius 2 is 1.82 bits per heavy atom. The smallest absolute Gasteiger partial charge is 0.211 e. The summed E-state index contributed by atoms with van der Waals surface area (Å²) in [7, 11) is -3.04. The molecule has 0 aromatic carbocycles. The van der Waals surface area contributed by atoms with Crippen molar-refractivity contribution < 1.29 is 8.42 Å². The topological polar surface area (TPSA) is 58.2 Å². The van der Waals surface area contributed by atoms with Crippen LogP contribution in [0.2, 0.25) is 0 Å². The van der Waals surface area contributed by atoms with Gasteiger partial charge in [-0.2, -0.15) is 0 Å². The summed E-state index contributed by atoms with van der Waals surface area (Å²) in [6.45, 7) is 2.01. The number of sulfonamides is 1. The van der Waals surface area contributed by atoms with E-state index in [2.05, 4.69) is 10.0 Å². The second-order valence-corrected chi connectivity index (χ2v) is 6.97. The molecule has 2 heterocycles. The summed E-state index contributed by atoms with van der Waals surface area (Å²) < 4.78 is 26.4. The quantitative estimate of drug-likeness (QED) is 0.802. The number of piperidine rings is 1. The van der Waals surface area contributed by atoms with Crippen LogP contribution in [-0.4, -0.2) is 32.3 Å². The van der Waals surface area contributed by atoms with Gasteiger partial charge in [-0.15, -0.1) is 12.4 Å². The maximum absolute atomic E-state index is 11.8. The summed E-state index contributed by atoms with van der Waals surface area (Å²) in [6.07, 6.45) is 6.02. The van der Waals surface area contributed by atoms with Crippen molar-refractivity contribution in [1.82, 2.24) is 10.0 Å². The van der Waals surface area contributed by atoms with E-state index in [0.29, 0.717) is 12.1 Å². The molecule has 2 aliphatic rings. The fraction of sp³-hybridized carbons (Fsp3) is 1.00. The molecule has 2 atom stereocenters. The Hall–Kier alpha value is 0.160. The highest BCUT2D eigenvalue weighted by Crippen LogP contribution is 2.27. The summed E-state index contributed by atoms with van der Waals surface area (Å²) in [5.41, 5.74) is 0. The van der Waals surface area contributed by atoms with E-state index >= 15 is 0 Å². The molecular formula is C11H23ClN2O2S. The largest absolute Gasteiger partial charge is 0.311 e. The molecule has 4 nitrogen and oxygen atoms in total. The standard InChI is InChI=1S/C11H22N2O2S.ClH/c1-2-3-6-16(14,15)13-11-7-9-4-5-10(8-11)12-9;/h9-13H,2-8H2,1H3;1H. The Morgan fingerprint density at radius 3 is 2.35 bits per heavy atom. The maximum Gasteiger partial charge on any atom is 0.211 e. The van der Waals surface area contributed by atoms with E-state index in [-0.39, 0.29) is 24.2 Å². The molecule has 2 unspecified atom stereocenters. The van der Waals surface area contributed by atoms with Crippen molar-refractivity contribution >= 4 is 22.4 Å². The van der Waals surface area contributed by atoms with Crippen molar-refractivity contribution in [3.8, 4) is 0 Å². The minimum absolute atomic E-state index is 0. The molecule has 2 bridgehead atoms. The Kier molecular flexibility index (Phi) is 5.70. The predicted molar refractivity (Wildman–Crippen MR) is 72.0 cm³/mol. The van der Waals surface area contributed by atoms with Crippen molar-refractivity contribution in [2.24, 2.45) is 0 Å². The van der Waals surface area contributed by atoms with Crippen LogP contribution in [0.3, 0.4) is 0 Å². The summed E-state index contributed by atoms with van der Waals surface area (Å²) in [5, 5.41) is 3.51. The van der Waals surface area contributed by atoms with Gasteiger partial charge in [0.25, 0.3) is 0 Å². The normalized spacial score (nSPS) is 32.2. The molecular weight excluding hydrogens is 260 g/mol. The zero-order valence-electron chi connectivity index (χ0n) is 10.3. The first-order valence-electron chi connectivity index (χ1n) is 6.35. The van der Waals surface area contributed by atoms with Crippen LogP contribution in [0.1, 0.15) is 45.4 Å². The molecule has 0 aromatic heterocycles. The Morgan fingerprint density at radius 1 is 1.24 bits per heavy atom. The van der Waals surface area contributed by atoms with Crippen LogP contribution in [0.15, 0.2) is 0 Å². The zero-order chi connectivity index (χ0) is 11.6. The lowest BCUT2D eigenvalue weighted by Gasteiger charge is -2.29. The lowest BCUT2D eigenvalue weighted by Crippen LogP contribution is -2.48. The Balaban J connectivity index is 0.00000144. The number of fused-ring (bicyclic) bond motifs is 2. The SMILES string of the molecule is CCCCS(=O)(=O)NC1CC2CCC(C1)N2.Cl. The van der Waals surface area contributed by atoms with E-state index in [0.717, 1.165) is 25.7 Å². The van der Waals surface area contributed by atoms with E-state index in [1.807, 2.05) is 6.92 Å². The van der Waals surface area contributed by atoms with Crippen LogP contribution < -0.4 is 10.0 Å². The van der Waals surface area contributed by atoms with Crippen LogP contribution in [0.4, 0.5) is 0 Å². The summed E-state index contributed by atoms with van der Waals surface area (Å²) in [6, 6.07) is 1.25. The highest BCUT2D eigenvalue weighted by Gasteiger charge is 2.34. The molecule has 2 aliphatic heterocycles. The van der Waals surface area contributed by atoms with Gasteiger partial charge in [0, 0.05) is 18.1 Å². The molecule has 0 spiro atoms. The van der Waals surface area contributed by atoms with E-state index < -0.39 is 10.0 Å². The molecule has 0 aliphatic carbocycles. The zero-order valence-corrected chi connectivity index (χ0v) is 11.9. The molecule has 0 saturated carbocycles. The molecule has 2 N–H and O–H groups in total. The van der Waals surface area contributed by atoms with Gasteiger partial charge in [0.2, 0.25) is 10.0 Å². The molecule has 0 amide bonds. The average molecular weight is 283 g/mol. The highest BCUT2D eigenvalue weighted by atomic mass is 35.5. The van der Waals surface area contributed by atoms with Crippen molar-refractivity contribution in [2.75, 3.05) is 5.75 Å². The molecule has 2 fully saturated rings. The van der Waals surface area contributed by atoms with Gasteiger partial charge in [0.15, 0.2) is 0 Å². The van der Waals surface area contributed by atoms with Gasteiger partial charge in [-0.1, -0.05) is 13.3 Å². The lowest BCUT2D eigenvalue weighted by atomic mass is 10.0. The second kappa shape index (κ2) is 6.36. The fourth-order valence-electron chi connectivity index (χ4n) is 2.80. The van der Waals surface area contributed by atoms with E-state index in [9.17, 15) is 8.42 Å². The first-order valence-corrected chi connectivity index (χ1v) is 8.00. The van der Waals surface area contributed by atoms with Crippen molar-refractivity contribution in [2.45, 2.75) is 63.6 Å². The van der Waals surface area contributed by atoms with Crippen LogP contribution in [0, 0.1) is 0 Å². The number of hydrogen-bond acceptors (Lipinski definition) is 3. The number of halogens is 1. The van der Waals surface area contributed by atoms with Crippen LogP contribution >= 0.6 is 12.4 Å². The molecule has 2 saturated heterocycles. The number of rotatable bonds is 5. The maximum atomic E-state index is 11.8. The van der Waals surface area contributed by atoms with Crippen molar-refractivity contribution in [3.05, 3.63) is 0 Å². The van der Waals surface area contributed by atoms with Crippen molar-refractivity contribution in [1.29, 1.82) is 0 Å². The third-order valence-corrected chi connectivity index (χ3v) is 5.10. The van der Waals surface area contributed by atoms with Gasteiger partial charge >= 0.3 is 0 Å². The molecule has 0 radical (unpaired) electrons. The second-order valence-electron chi connectivity index (χ2n) is 5.10. The summed E-state index contributed by atoms with van der Waals surface area (Å²) in [4.78, 5) is 0. The number of hydrogen-bond donors (Lipinski definition) is 2. The highest BCUT2D eigenvalue weighted by molar-refractivity contribution is 7.89. The lowest BCUT2D eigenvalue weighted by molar-refractivity contribution is 0.345. The van der Waals surface area contributed by atoms with E-state index in [4.69, 9.17) is 0 Å².